The molecule has 0 aliphatic carbocycles. The Kier molecular flexibility index (Phi) is 4.96. The van der Waals surface area contributed by atoms with Gasteiger partial charge in [0.15, 0.2) is 16.7 Å². The van der Waals surface area contributed by atoms with Crippen molar-refractivity contribution >= 4 is 28.9 Å². The Morgan fingerprint density at radius 3 is 2.60 bits per heavy atom. The number of fused-ring (bicyclic) bond motifs is 1. The maximum atomic E-state index is 9.51. The van der Waals surface area contributed by atoms with Crippen molar-refractivity contribution in [1.29, 1.82) is 5.26 Å². The topological polar surface area (TPSA) is 60.1 Å². The Morgan fingerprint density at radius 2 is 1.92 bits per heavy atom. The average molecular weight is 351 g/mol. The van der Waals surface area contributed by atoms with Crippen LogP contribution in [0.5, 0.6) is 11.5 Å². The lowest BCUT2D eigenvalue weighted by atomic mass is 10.2. The van der Waals surface area contributed by atoms with Crippen LogP contribution in [-0.4, -0.2) is 23.8 Å². The minimum Gasteiger partial charge on any atom is -0.493 e. The summed E-state index contributed by atoms with van der Waals surface area (Å²) in [6.07, 6.45) is 1.81. The van der Waals surface area contributed by atoms with Gasteiger partial charge in [0.05, 0.1) is 30.2 Å². The van der Waals surface area contributed by atoms with Gasteiger partial charge < -0.3 is 14.0 Å². The molecule has 0 atom stereocenters. The zero-order valence-corrected chi connectivity index (χ0v) is 15.0. The molecule has 0 aliphatic heterocycles. The summed E-state index contributed by atoms with van der Waals surface area (Å²) in [6, 6.07) is 15.7. The Balaban J connectivity index is 1.93. The SMILES string of the molecule is COc1ccc(C=C(C#N)Sc2nc3ccccc3n2C)cc1OC. The molecule has 3 rings (SSSR count). The number of hydrogen-bond donors (Lipinski definition) is 0. The van der Waals surface area contributed by atoms with Crippen LogP contribution < -0.4 is 9.47 Å². The number of benzene rings is 2. The summed E-state index contributed by atoms with van der Waals surface area (Å²) in [4.78, 5) is 5.14. The molecule has 0 saturated carbocycles. The fourth-order valence-electron chi connectivity index (χ4n) is 2.49. The van der Waals surface area contributed by atoms with Crippen molar-refractivity contribution in [3.8, 4) is 17.6 Å². The van der Waals surface area contributed by atoms with E-state index in [1.165, 1.54) is 11.8 Å². The summed E-state index contributed by atoms with van der Waals surface area (Å²) in [5.41, 5.74) is 2.81. The lowest BCUT2D eigenvalue weighted by Crippen LogP contribution is -1.91. The molecule has 5 nitrogen and oxygen atoms in total. The van der Waals surface area contributed by atoms with E-state index in [-0.39, 0.29) is 0 Å². The van der Waals surface area contributed by atoms with Crippen molar-refractivity contribution in [1.82, 2.24) is 9.55 Å². The van der Waals surface area contributed by atoms with Crippen molar-refractivity contribution in [3.05, 3.63) is 52.9 Å². The van der Waals surface area contributed by atoms with E-state index in [0.29, 0.717) is 16.4 Å². The molecular formula is C19H17N3O2S. The molecule has 0 amide bonds. The van der Waals surface area contributed by atoms with Gasteiger partial charge in [0.2, 0.25) is 0 Å². The fourth-order valence-corrected chi connectivity index (χ4v) is 3.31. The first-order valence-corrected chi connectivity index (χ1v) is 8.41. The summed E-state index contributed by atoms with van der Waals surface area (Å²) in [5, 5.41) is 10.3. The average Bonchev–Trinajstić information content (AvgIpc) is 2.97. The van der Waals surface area contributed by atoms with Gasteiger partial charge in [-0.3, -0.25) is 0 Å². The molecule has 0 saturated heterocycles. The number of aromatic nitrogens is 2. The van der Waals surface area contributed by atoms with Gasteiger partial charge in [0.25, 0.3) is 0 Å². The van der Waals surface area contributed by atoms with Crippen LogP contribution in [0.4, 0.5) is 0 Å². The van der Waals surface area contributed by atoms with Crippen molar-refractivity contribution < 1.29 is 9.47 Å². The molecule has 0 radical (unpaired) electrons. The molecule has 25 heavy (non-hydrogen) atoms. The molecule has 0 N–H and O–H groups in total. The second kappa shape index (κ2) is 7.32. The first kappa shape index (κ1) is 16.9. The van der Waals surface area contributed by atoms with Gasteiger partial charge in [-0.1, -0.05) is 18.2 Å². The van der Waals surface area contributed by atoms with E-state index in [0.717, 1.165) is 21.8 Å². The first-order valence-electron chi connectivity index (χ1n) is 7.59. The number of nitriles is 1. The molecular weight excluding hydrogens is 334 g/mol. The molecule has 0 fully saturated rings. The predicted octanol–water partition coefficient (Wildman–Crippen LogP) is 4.25. The highest BCUT2D eigenvalue weighted by molar-refractivity contribution is 8.03. The van der Waals surface area contributed by atoms with Gasteiger partial charge in [-0.15, -0.1) is 0 Å². The second-order valence-electron chi connectivity index (χ2n) is 5.28. The number of methoxy groups -OCH3 is 2. The van der Waals surface area contributed by atoms with E-state index < -0.39 is 0 Å². The van der Waals surface area contributed by atoms with Crippen LogP contribution in [0.25, 0.3) is 17.1 Å². The molecule has 6 heteroatoms. The van der Waals surface area contributed by atoms with Crippen LogP contribution in [0.1, 0.15) is 5.56 Å². The third-order valence-corrected chi connectivity index (χ3v) is 4.74. The van der Waals surface area contributed by atoms with Crippen molar-refractivity contribution in [2.75, 3.05) is 14.2 Å². The molecule has 0 aliphatic rings. The molecule has 1 heterocycles. The third-order valence-electron chi connectivity index (χ3n) is 3.76. The van der Waals surface area contributed by atoms with Gasteiger partial charge in [-0.05, 0) is 47.7 Å². The van der Waals surface area contributed by atoms with Gasteiger partial charge in [-0.2, -0.15) is 5.26 Å². The van der Waals surface area contributed by atoms with E-state index in [2.05, 4.69) is 11.1 Å². The van der Waals surface area contributed by atoms with E-state index in [1.807, 2.05) is 60.2 Å². The Hall–Kier alpha value is -2.91. The van der Waals surface area contributed by atoms with Gasteiger partial charge in [-0.25, -0.2) is 4.98 Å². The van der Waals surface area contributed by atoms with Crippen LogP contribution in [0, 0.1) is 11.3 Å². The lowest BCUT2D eigenvalue weighted by Gasteiger charge is -2.08. The number of nitrogens with zero attached hydrogens (tertiary/aromatic N) is 3. The van der Waals surface area contributed by atoms with E-state index in [9.17, 15) is 5.26 Å². The molecule has 0 spiro atoms. The van der Waals surface area contributed by atoms with E-state index in [4.69, 9.17) is 9.47 Å². The van der Waals surface area contributed by atoms with Gasteiger partial charge >= 0.3 is 0 Å². The first-order chi connectivity index (χ1) is 12.2. The number of allylic oxidation sites excluding steroid dienone is 1. The normalized spacial score (nSPS) is 11.4. The highest BCUT2D eigenvalue weighted by Crippen LogP contribution is 2.32. The third kappa shape index (κ3) is 3.47. The summed E-state index contributed by atoms with van der Waals surface area (Å²) in [5.74, 6) is 1.28. The zero-order chi connectivity index (χ0) is 17.8. The number of hydrogen-bond acceptors (Lipinski definition) is 5. The summed E-state index contributed by atoms with van der Waals surface area (Å²) < 4.78 is 12.5. The number of imidazole rings is 1. The van der Waals surface area contributed by atoms with Crippen molar-refractivity contribution in [2.45, 2.75) is 5.16 Å². The minimum absolute atomic E-state index is 0.547. The highest BCUT2D eigenvalue weighted by Gasteiger charge is 2.11. The molecule has 3 aromatic rings. The zero-order valence-electron chi connectivity index (χ0n) is 14.2. The molecule has 0 unspecified atom stereocenters. The maximum absolute atomic E-state index is 9.51. The number of para-hydroxylation sites is 2. The summed E-state index contributed by atoms with van der Waals surface area (Å²) >= 11 is 1.34. The maximum Gasteiger partial charge on any atom is 0.174 e. The van der Waals surface area contributed by atoms with Gasteiger partial charge in [0.1, 0.15) is 6.07 Å². The van der Waals surface area contributed by atoms with Crippen LogP contribution in [0.2, 0.25) is 0 Å². The summed E-state index contributed by atoms with van der Waals surface area (Å²) in [7, 11) is 5.13. The highest BCUT2D eigenvalue weighted by atomic mass is 32.2. The van der Waals surface area contributed by atoms with Crippen LogP contribution >= 0.6 is 11.8 Å². The van der Waals surface area contributed by atoms with Gasteiger partial charge in [0, 0.05) is 7.05 Å². The number of aryl methyl sites for hydroxylation is 1. The number of thioether (sulfide) groups is 1. The van der Waals surface area contributed by atoms with E-state index in [1.54, 1.807) is 14.2 Å². The number of ether oxygens (including phenoxy) is 2. The Morgan fingerprint density at radius 1 is 1.16 bits per heavy atom. The molecule has 2 aromatic carbocycles. The molecule has 1 aromatic heterocycles. The minimum atomic E-state index is 0.547. The smallest absolute Gasteiger partial charge is 0.174 e. The van der Waals surface area contributed by atoms with Crippen LogP contribution in [-0.2, 0) is 7.05 Å². The Labute approximate surface area is 150 Å². The fraction of sp³-hybridized carbons (Fsp3) is 0.158. The second-order valence-corrected chi connectivity index (χ2v) is 6.29. The lowest BCUT2D eigenvalue weighted by molar-refractivity contribution is 0.355. The van der Waals surface area contributed by atoms with E-state index >= 15 is 0 Å². The predicted molar refractivity (Wildman–Crippen MR) is 99.7 cm³/mol. The Bertz CT molecular complexity index is 986. The van der Waals surface area contributed by atoms with Crippen LogP contribution in [0.3, 0.4) is 0 Å². The van der Waals surface area contributed by atoms with Crippen LogP contribution in [0.15, 0.2) is 52.5 Å². The quantitative estimate of drug-likeness (QED) is 0.508. The molecule has 0 bridgehead atoms. The summed E-state index contributed by atoms with van der Waals surface area (Å²) in [6.45, 7) is 0. The molecule has 126 valence electrons. The number of rotatable bonds is 5. The largest absolute Gasteiger partial charge is 0.493 e. The van der Waals surface area contributed by atoms with Crippen molar-refractivity contribution in [2.24, 2.45) is 7.05 Å². The van der Waals surface area contributed by atoms with Crippen molar-refractivity contribution in [3.63, 3.8) is 0 Å². The standard InChI is InChI=1S/C19H17N3O2S/c1-22-16-7-5-4-6-15(16)21-19(22)25-14(12-20)10-13-8-9-17(23-2)18(11-13)24-3/h4-11H,1-3H3. The monoisotopic (exact) mass is 351 g/mol.